The number of esters is 1. The third-order valence-electron chi connectivity index (χ3n) is 11.9. The summed E-state index contributed by atoms with van der Waals surface area (Å²) in [7, 11) is 1.32. The molecule has 0 spiro atoms. The Morgan fingerprint density at radius 2 is 1.76 bits per heavy atom. The summed E-state index contributed by atoms with van der Waals surface area (Å²) < 4.78 is 4.75. The zero-order chi connectivity index (χ0) is 27.8. The molecule has 4 aliphatic rings. The van der Waals surface area contributed by atoms with E-state index in [2.05, 4.69) is 27.7 Å². The van der Waals surface area contributed by atoms with E-state index >= 15 is 0 Å². The van der Waals surface area contributed by atoms with Crippen molar-refractivity contribution in [2.75, 3.05) is 7.11 Å². The summed E-state index contributed by atoms with van der Waals surface area (Å²) in [6.45, 7) is 14.3. The summed E-state index contributed by atoms with van der Waals surface area (Å²) in [4.78, 5) is 38.4. The quantitative estimate of drug-likeness (QED) is 0.391. The lowest BCUT2D eigenvalue weighted by atomic mass is 9.41. The minimum atomic E-state index is -1.08. The Bertz CT molecular complexity index is 1080. The summed E-state index contributed by atoms with van der Waals surface area (Å²) in [5.41, 5.74) is -0.680. The van der Waals surface area contributed by atoms with Gasteiger partial charge in [0.25, 0.3) is 0 Å². The van der Waals surface area contributed by atoms with Crippen LogP contribution >= 0.6 is 0 Å². The molecular formula is C31H46O6. The van der Waals surface area contributed by atoms with Crippen LogP contribution in [-0.2, 0) is 19.1 Å². The monoisotopic (exact) mass is 514 g/mol. The number of rotatable bonds is 5. The molecular weight excluding hydrogens is 468 g/mol. The molecule has 0 amide bonds. The lowest BCUT2D eigenvalue weighted by Gasteiger charge is -2.64. The first-order valence-electron chi connectivity index (χ1n) is 14.0. The van der Waals surface area contributed by atoms with Crippen molar-refractivity contribution in [1.82, 2.24) is 0 Å². The number of methoxy groups -OCH3 is 1. The first kappa shape index (κ1) is 28.2. The first-order valence-corrected chi connectivity index (χ1v) is 14.0. The van der Waals surface area contributed by atoms with Gasteiger partial charge in [0.2, 0.25) is 0 Å². The number of ketones is 2. The van der Waals surface area contributed by atoms with Gasteiger partial charge >= 0.3 is 5.97 Å². The van der Waals surface area contributed by atoms with E-state index < -0.39 is 33.9 Å². The molecule has 0 radical (unpaired) electrons. The van der Waals surface area contributed by atoms with Gasteiger partial charge in [-0.15, -0.1) is 0 Å². The smallest absolute Gasteiger partial charge is 0.333 e. The highest BCUT2D eigenvalue weighted by molar-refractivity contribution is 6.01. The summed E-state index contributed by atoms with van der Waals surface area (Å²) in [6.07, 6.45) is 5.40. The average molecular weight is 515 g/mol. The highest BCUT2D eigenvalue weighted by atomic mass is 16.5. The Morgan fingerprint density at radius 1 is 1.11 bits per heavy atom. The fraction of sp³-hybridized carbons (Fsp3) is 0.774. The normalized spacial score (nSPS) is 41.0. The molecule has 2 N–H and O–H groups in total. The van der Waals surface area contributed by atoms with Crippen LogP contribution in [0, 0.1) is 33.5 Å². The highest BCUT2D eigenvalue weighted by Crippen LogP contribution is 2.71. The van der Waals surface area contributed by atoms with Gasteiger partial charge in [0, 0.05) is 40.2 Å². The number of Topliss-reactive ketones (excluding diaryl/α,β-unsaturated/α-hetero) is 2. The maximum absolute atomic E-state index is 13.8. The second kappa shape index (κ2) is 8.87. The van der Waals surface area contributed by atoms with Crippen LogP contribution in [0.15, 0.2) is 22.8 Å². The standard InChI is InChI=1S/C31H46O6/c1-18(26(35)37-8)15-20(32)16-19(2)30(7)17-22(33)25-21-9-10-23-27(3,4)24(34)11-12-28(23,5)31(21,36)14-13-29(25,30)6/h15,19-20,23,32,36H,9-14,16-17H2,1-8H3. The van der Waals surface area contributed by atoms with Crippen molar-refractivity contribution in [3.8, 4) is 0 Å². The minimum absolute atomic E-state index is 0.000556. The summed E-state index contributed by atoms with van der Waals surface area (Å²) in [5, 5.41) is 23.2. The van der Waals surface area contributed by atoms with Crippen molar-refractivity contribution in [2.45, 2.75) is 112 Å². The van der Waals surface area contributed by atoms with E-state index in [1.165, 1.54) is 13.2 Å². The summed E-state index contributed by atoms with van der Waals surface area (Å²) in [5.74, 6) is 0.0243. The predicted molar refractivity (Wildman–Crippen MR) is 141 cm³/mol. The third kappa shape index (κ3) is 3.76. The van der Waals surface area contributed by atoms with Gasteiger partial charge in [-0.2, -0.15) is 0 Å². The van der Waals surface area contributed by atoms with E-state index in [-0.39, 0.29) is 28.8 Å². The van der Waals surface area contributed by atoms with Gasteiger partial charge in [-0.1, -0.05) is 41.5 Å². The van der Waals surface area contributed by atoms with Crippen molar-refractivity contribution in [3.63, 3.8) is 0 Å². The van der Waals surface area contributed by atoms with Gasteiger partial charge in [0.1, 0.15) is 5.78 Å². The molecule has 3 saturated carbocycles. The van der Waals surface area contributed by atoms with Gasteiger partial charge in [-0.3, -0.25) is 9.59 Å². The summed E-state index contributed by atoms with van der Waals surface area (Å²) in [6, 6.07) is 0. The molecule has 0 heterocycles. The molecule has 4 aliphatic carbocycles. The van der Waals surface area contributed by atoms with E-state index in [0.717, 1.165) is 17.6 Å². The van der Waals surface area contributed by atoms with Crippen LogP contribution in [0.4, 0.5) is 0 Å². The molecule has 0 aromatic heterocycles. The molecule has 6 nitrogen and oxygen atoms in total. The van der Waals surface area contributed by atoms with E-state index in [1.54, 1.807) is 6.92 Å². The molecule has 0 aromatic carbocycles. The number of hydrogen-bond acceptors (Lipinski definition) is 6. The van der Waals surface area contributed by atoms with Crippen molar-refractivity contribution in [1.29, 1.82) is 0 Å². The maximum atomic E-state index is 13.8. The average Bonchev–Trinajstić information content (AvgIpc) is 3.02. The van der Waals surface area contributed by atoms with Crippen LogP contribution in [-0.4, -0.2) is 46.6 Å². The third-order valence-corrected chi connectivity index (χ3v) is 11.9. The molecule has 6 heteroatoms. The van der Waals surface area contributed by atoms with E-state index in [0.29, 0.717) is 50.5 Å². The SMILES string of the molecule is COC(=O)C(C)=CC(O)CC(C)C1(C)CC(=O)C2=C3CCC4C(C)(C)C(=O)CCC4(C)C3(O)CCC21C. The number of hydrogen-bond donors (Lipinski definition) is 2. The predicted octanol–water partition coefficient (Wildman–Crippen LogP) is 5.11. The van der Waals surface area contributed by atoms with E-state index in [1.807, 2.05) is 13.8 Å². The molecule has 37 heavy (non-hydrogen) atoms. The number of fused-ring (bicyclic) bond motifs is 4. The van der Waals surface area contributed by atoms with Crippen LogP contribution in [0.5, 0.6) is 0 Å². The molecule has 7 unspecified atom stereocenters. The fourth-order valence-corrected chi connectivity index (χ4v) is 9.12. The van der Waals surface area contributed by atoms with Crippen molar-refractivity contribution in [3.05, 3.63) is 22.8 Å². The second-order valence-corrected chi connectivity index (χ2v) is 13.8. The molecule has 3 fully saturated rings. The molecule has 0 saturated heterocycles. The Hall–Kier alpha value is -1.79. The van der Waals surface area contributed by atoms with E-state index in [9.17, 15) is 24.6 Å². The fourth-order valence-electron chi connectivity index (χ4n) is 9.12. The zero-order valence-corrected chi connectivity index (χ0v) is 24.0. The van der Waals surface area contributed by atoms with Crippen molar-refractivity contribution in [2.24, 2.45) is 33.5 Å². The molecule has 4 rings (SSSR count). The van der Waals surface area contributed by atoms with Gasteiger partial charge < -0.3 is 14.9 Å². The Kier molecular flexibility index (Phi) is 6.77. The van der Waals surface area contributed by atoms with Crippen molar-refractivity contribution >= 4 is 17.5 Å². The number of carbonyl (C=O) groups is 3. The Morgan fingerprint density at radius 3 is 2.38 bits per heavy atom. The van der Waals surface area contributed by atoms with Gasteiger partial charge in [-0.05, 0) is 74.3 Å². The second-order valence-electron chi connectivity index (χ2n) is 13.8. The topological polar surface area (TPSA) is 101 Å². The zero-order valence-electron chi connectivity index (χ0n) is 24.0. The lowest BCUT2D eigenvalue weighted by molar-refractivity contribution is -0.177. The highest BCUT2D eigenvalue weighted by Gasteiger charge is 2.69. The van der Waals surface area contributed by atoms with Crippen LogP contribution in [0.1, 0.15) is 99.8 Å². The minimum Gasteiger partial charge on any atom is -0.466 e. The number of allylic oxidation sites excluding steroid dienone is 1. The van der Waals surface area contributed by atoms with Crippen molar-refractivity contribution < 1.29 is 29.3 Å². The molecule has 0 aliphatic heterocycles. The van der Waals surface area contributed by atoms with Crippen LogP contribution in [0.25, 0.3) is 0 Å². The molecule has 0 bridgehead atoms. The molecule has 7 atom stereocenters. The molecule has 206 valence electrons. The lowest BCUT2D eigenvalue weighted by Crippen LogP contribution is -2.64. The number of ether oxygens (including phenoxy) is 1. The number of aliphatic hydroxyl groups excluding tert-OH is 1. The first-order chi connectivity index (χ1) is 17.0. The maximum Gasteiger partial charge on any atom is 0.333 e. The Balaban J connectivity index is 1.71. The van der Waals surface area contributed by atoms with E-state index in [4.69, 9.17) is 4.74 Å². The molecule has 0 aromatic rings. The summed E-state index contributed by atoms with van der Waals surface area (Å²) >= 11 is 0. The van der Waals surface area contributed by atoms with Gasteiger partial charge in [0.05, 0.1) is 18.8 Å². The van der Waals surface area contributed by atoms with Crippen LogP contribution < -0.4 is 0 Å². The van der Waals surface area contributed by atoms with Gasteiger partial charge in [-0.25, -0.2) is 4.79 Å². The van der Waals surface area contributed by atoms with Crippen LogP contribution in [0.3, 0.4) is 0 Å². The Labute approximate surface area is 221 Å². The number of aliphatic hydroxyl groups is 2. The van der Waals surface area contributed by atoms with Crippen LogP contribution in [0.2, 0.25) is 0 Å². The van der Waals surface area contributed by atoms with Gasteiger partial charge in [0.15, 0.2) is 5.78 Å². The largest absolute Gasteiger partial charge is 0.466 e. The number of carbonyl (C=O) groups excluding carboxylic acids is 3.